The molecule has 2 fully saturated rings. The van der Waals surface area contributed by atoms with Crippen LogP contribution in [-0.2, 0) is 24.1 Å². The van der Waals surface area contributed by atoms with E-state index >= 15 is 0 Å². The van der Waals surface area contributed by atoms with E-state index in [-0.39, 0.29) is 29.7 Å². The Morgan fingerprint density at radius 3 is 2.90 bits per heavy atom. The molecule has 2 aromatic carbocycles. The summed E-state index contributed by atoms with van der Waals surface area (Å²) >= 11 is 0. The zero-order valence-electron chi connectivity index (χ0n) is 22.6. The Morgan fingerprint density at radius 1 is 1.21 bits per heavy atom. The fourth-order valence-electron chi connectivity index (χ4n) is 6.61. The van der Waals surface area contributed by atoms with E-state index in [1.807, 2.05) is 19.1 Å². The van der Waals surface area contributed by atoms with Gasteiger partial charge in [-0.3, -0.25) is 14.7 Å². The molecule has 0 saturated carbocycles. The maximum atomic E-state index is 14.9. The number of halogens is 1. The molecule has 3 aliphatic heterocycles. The van der Waals surface area contributed by atoms with Crippen molar-refractivity contribution >= 4 is 16.5 Å². The number of hydrogen-bond acceptors (Lipinski definition) is 7. The minimum atomic E-state index is -0.227. The van der Waals surface area contributed by atoms with Gasteiger partial charge in [0, 0.05) is 42.9 Å². The number of benzene rings is 2. The van der Waals surface area contributed by atoms with Crippen LogP contribution in [0.2, 0.25) is 0 Å². The lowest BCUT2D eigenvalue weighted by Crippen LogP contribution is -2.44. The molecule has 1 aromatic heterocycles. The van der Waals surface area contributed by atoms with Crippen LogP contribution in [0.4, 0.5) is 10.1 Å². The Balaban J connectivity index is 1.32. The van der Waals surface area contributed by atoms with E-state index in [1.54, 1.807) is 13.2 Å². The van der Waals surface area contributed by atoms with Crippen molar-refractivity contribution in [3.8, 4) is 11.8 Å². The molecule has 6 rings (SSSR count). The highest BCUT2D eigenvalue weighted by molar-refractivity contribution is 5.98. The van der Waals surface area contributed by atoms with E-state index < -0.39 is 0 Å². The number of nitrogens with one attached hydrogen (secondary N) is 1. The second-order valence-electron chi connectivity index (χ2n) is 10.9. The molecular formula is C30H35FN4O4. The molecular weight excluding hydrogens is 499 g/mol. The monoisotopic (exact) mass is 534 g/mol. The number of hydrogen-bond donors (Lipinski definition) is 1. The summed E-state index contributed by atoms with van der Waals surface area (Å²) in [6.45, 7) is 9.70. The molecule has 0 bridgehead atoms. The molecule has 3 aromatic rings. The normalized spacial score (nSPS) is 20.9. The number of aromatic nitrogens is 2. The van der Waals surface area contributed by atoms with E-state index in [1.165, 1.54) is 11.6 Å². The first-order valence-corrected chi connectivity index (χ1v) is 13.7. The van der Waals surface area contributed by atoms with Gasteiger partial charge in [-0.05, 0) is 61.7 Å². The highest BCUT2D eigenvalue weighted by Gasteiger charge is 2.46. The number of ether oxygens (including phenoxy) is 3. The average Bonchev–Trinajstić information content (AvgIpc) is 3.45. The van der Waals surface area contributed by atoms with E-state index in [0.29, 0.717) is 55.1 Å². The first-order valence-electron chi connectivity index (χ1n) is 13.7. The van der Waals surface area contributed by atoms with Gasteiger partial charge in [0.25, 0.3) is 11.6 Å². The van der Waals surface area contributed by atoms with Crippen LogP contribution in [0.15, 0.2) is 41.2 Å². The largest absolute Gasteiger partial charge is 0.467 e. The van der Waals surface area contributed by atoms with Crippen molar-refractivity contribution in [1.29, 1.82) is 0 Å². The number of anilines is 1. The standard InChI is InChI=1S/C30H35FN4O4/c1-4-22-24(31)7-6-20-12-21(39-18-37-3)13-26(27(20)22)34-11-8-23-25(16-34)32-29(33-28(23)36)38-17-30-9-5-10-35(30)15-19(2)14-30/h6-7,12-13H,2,4-5,8-11,14-18H2,1,3H3,(H,32,33,36)/t30-/m0/s1. The summed E-state index contributed by atoms with van der Waals surface area (Å²) in [6.07, 6.45) is 4.19. The number of aromatic amines is 1. The highest BCUT2D eigenvalue weighted by atomic mass is 19.1. The van der Waals surface area contributed by atoms with Gasteiger partial charge < -0.3 is 19.1 Å². The highest BCUT2D eigenvalue weighted by Crippen LogP contribution is 2.41. The predicted molar refractivity (Wildman–Crippen MR) is 148 cm³/mol. The molecule has 9 heteroatoms. The van der Waals surface area contributed by atoms with Crippen LogP contribution < -0.4 is 19.9 Å². The van der Waals surface area contributed by atoms with Gasteiger partial charge in [0.15, 0.2) is 6.79 Å². The number of aryl methyl sites for hydroxylation is 1. The summed E-state index contributed by atoms with van der Waals surface area (Å²) < 4.78 is 31.9. The predicted octanol–water partition coefficient (Wildman–Crippen LogP) is 4.34. The van der Waals surface area contributed by atoms with Crippen LogP contribution in [0.25, 0.3) is 10.8 Å². The van der Waals surface area contributed by atoms with E-state index in [2.05, 4.69) is 21.4 Å². The molecule has 4 heterocycles. The summed E-state index contributed by atoms with van der Waals surface area (Å²) in [6, 6.07) is 7.37. The van der Waals surface area contributed by atoms with Gasteiger partial charge in [-0.15, -0.1) is 0 Å². The van der Waals surface area contributed by atoms with E-state index in [9.17, 15) is 9.18 Å². The van der Waals surface area contributed by atoms with Gasteiger partial charge in [0.2, 0.25) is 0 Å². The SMILES string of the molecule is C=C1CN2CCC[C@@]2(COc2nc3c(c(=O)[nH]2)CCN(c2cc(OCOC)cc4ccc(F)c(CC)c24)C3)C1. The summed E-state index contributed by atoms with van der Waals surface area (Å²) in [4.78, 5) is 25.3. The van der Waals surface area contributed by atoms with Crippen molar-refractivity contribution in [2.45, 2.75) is 51.1 Å². The molecule has 1 atom stereocenters. The fraction of sp³-hybridized carbons (Fsp3) is 0.467. The van der Waals surface area contributed by atoms with Crippen LogP contribution in [0, 0.1) is 5.82 Å². The van der Waals surface area contributed by atoms with Gasteiger partial charge in [-0.2, -0.15) is 4.98 Å². The maximum absolute atomic E-state index is 14.9. The second-order valence-corrected chi connectivity index (χ2v) is 10.9. The topological polar surface area (TPSA) is 79.9 Å². The van der Waals surface area contributed by atoms with Gasteiger partial charge in [0.05, 0.1) is 17.8 Å². The smallest absolute Gasteiger partial charge is 0.296 e. The molecule has 0 spiro atoms. The van der Waals surface area contributed by atoms with Gasteiger partial charge in [-0.1, -0.05) is 25.1 Å². The average molecular weight is 535 g/mol. The number of methoxy groups -OCH3 is 1. The minimum absolute atomic E-state index is 0.0558. The van der Waals surface area contributed by atoms with E-state index in [0.717, 1.165) is 48.8 Å². The summed E-state index contributed by atoms with van der Waals surface area (Å²) in [7, 11) is 1.57. The quantitative estimate of drug-likeness (QED) is 0.340. The van der Waals surface area contributed by atoms with Crippen molar-refractivity contribution in [3.63, 3.8) is 0 Å². The molecule has 206 valence electrons. The molecule has 8 nitrogen and oxygen atoms in total. The first kappa shape index (κ1) is 25.8. The van der Waals surface area contributed by atoms with Crippen molar-refractivity contribution in [3.05, 3.63) is 69.4 Å². The Kier molecular flexibility index (Phi) is 6.81. The lowest BCUT2D eigenvalue weighted by atomic mass is 9.94. The van der Waals surface area contributed by atoms with Crippen molar-refractivity contribution in [2.75, 3.05) is 45.0 Å². The molecule has 1 N–H and O–H groups in total. The van der Waals surface area contributed by atoms with Crippen LogP contribution in [0.5, 0.6) is 11.8 Å². The van der Waals surface area contributed by atoms with Gasteiger partial charge >= 0.3 is 0 Å². The maximum Gasteiger partial charge on any atom is 0.296 e. The van der Waals surface area contributed by atoms with Crippen LogP contribution in [0.1, 0.15) is 43.0 Å². The van der Waals surface area contributed by atoms with Gasteiger partial charge in [0.1, 0.15) is 18.2 Å². The minimum Gasteiger partial charge on any atom is -0.467 e. The molecule has 2 saturated heterocycles. The molecule has 0 radical (unpaired) electrons. The molecule has 39 heavy (non-hydrogen) atoms. The third kappa shape index (κ3) is 4.67. The zero-order chi connectivity index (χ0) is 27.1. The molecule has 0 amide bonds. The Labute approximate surface area is 227 Å². The summed E-state index contributed by atoms with van der Waals surface area (Å²) in [5.41, 5.74) is 3.89. The summed E-state index contributed by atoms with van der Waals surface area (Å²) in [5, 5.41) is 1.75. The summed E-state index contributed by atoms with van der Waals surface area (Å²) in [5.74, 6) is 0.412. The third-order valence-electron chi connectivity index (χ3n) is 8.42. The van der Waals surface area contributed by atoms with Crippen LogP contribution in [0.3, 0.4) is 0 Å². The molecule has 0 unspecified atom stereocenters. The third-order valence-corrected chi connectivity index (χ3v) is 8.42. The van der Waals surface area contributed by atoms with E-state index in [4.69, 9.17) is 19.2 Å². The number of fused-ring (bicyclic) bond motifs is 3. The zero-order valence-corrected chi connectivity index (χ0v) is 22.6. The van der Waals surface area contributed by atoms with Crippen molar-refractivity contribution < 1.29 is 18.6 Å². The second kappa shape index (κ2) is 10.3. The number of rotatable bonds is 8. The lowest BCUT2D eigenvalue weighted by molar-refractivity contribution is 0.0512. The fourth-order valence-corrected chi connectivity index (χ4v) is 6.61. The Hall–Kier alpha value is -3.43. The first-order chi connectivity index (χ1) is 18.9. The lowest BCUT2D eigenvalue weighted by Gasteiger charge is -2.32. The molecule has 3 aliphatic rings. The number of H-pyrrole nitrogens is 1. The Morgan fingerprint density at radius 2 is 2.08 bits per heavy atom. The van der Waals surface area contributed by atoms with Crippen molar-refractivity contribution in [1.82, 2.24) is 14.9 Å². The number of nitrogens with zero attached hydrogens (tertiary/aromatic N) is 3. The van der Waals surface area contributed by atoms with Crippen molar-refractivity contribution in [2.24, 2.45) is 0 Å². The van der Waals surface area contributed by atoms with Crippen LogP contribution in [-0.4, -0.2) is 60.6 Å². The Bertz CT molecular complexity index is 1490. The van der Waals surface area contributed by atoms with Gasteiger partial charge in [-0.25, -0.2) is 4.39 Å². The van der Waals surface area contributed by atoms with Crippen LogP contribution >= 0.6 is 0 Å². The molecule has 0 aliphatic carbocycles.